The molecule has 0 aromatic heterocycles. The first-order chi connectivity index (χ1) is 7.59. The molecule has 3 unspecified atom stereocenters. The Morgan fingerprint density at radius 1 is 1.56 bits per heavy atom. The second-order valence-electron chi connectivity index (χ2n) is 3.45. The highest BCUT2D eigenvalue weighted by Crippen LogP contribution is 2.40. The summed E-state index contributed by atoms with van der Waals surface area (Å²) in [4.78, 5) is 0. The van der Waals surface area contributed by atoms with Crippen molar-refractivity contribution in [2.75, 3.05) is 24.7 Å². The van der Waals surface area contributed by atoms with Gasteiger partial charge in [-0.3, -0.25) is 4.18 Å². The van der Waals surface area contributed by atoms with E-state index in [-0.39, 0.29) is 0 Å². The van der Waals surface area contributed by atoms with Crippen LogP contribution >= 0.6 is 17.5 Å². The summed E-state index contributed by atoms with van der Waals surface area (Å²) in [5, 5.41) is 1.89. The molecular formula is C9H19O3PS3. The second kappa shape index (κ2) is 7.39. The molecular weight excluding hydrogens is 283 g/mol. The summed E-state index contributed by atoms with van der Waals surface area (Å²) in [5.74, 6) is 1.95. The first-order valence-electron chi connectivity index (χ1n) is 5.40. The maximum atomic E-state index is 12.0. The van der Waals surface area contributed by atoms with Crippen molar-refractivity contribution in [2.45, 2.75) is 20.3 Å². The molecule has 1 heterocycles. The van der Waals surface area contributed by atoms with Crippen LogP contribution in [-0.2, 0) is 30.3 Å². The predicted octanol–water partition coefficient (Wildman–Crippen LogP) is 2.32. The van der Waals surface area contributed by atoms with Gasteiger partial charge in [0.05, 0.1) is 16.4 Å². The van der Waals surface area contributed by atoms with E-state index in [1.54, 1.807) is 11.4 Å². The van der Waals surface area contributed by atoms with Crippen molar-refractivity contribution >= 4 is 44.5 Å². The van der Waals surface area contributed by atoms with Crippen LogP contribution in [0.5, 0.6) is 0 Å². The van der Waals surface area contributed by atoms with E-state index in [9.17, 15) is 4.21 Å². The molecule has 0 bridgehead atoms. The lowest BCUT2D eigenvalue weighted by Gasteiger charge is -2.07. The molecule has 0 amide bonds. The highest BCUT2D eigenvalue weighted by Gasteiger charge is 2.22. The molecule has 0 saturated heterocycles. The fraction of sp³-hybridized carbons (Fsp3) is 0.889. The summed E-state index contributed by atoms with van der Waals surface area (Å²) in [7, 11) is -2.12. The summed E-state index contributed by atoms with van der Waals surface area (Å²) < 4.78 is 22.7. The molecule has 0 spiro atoms. The highest BCUT2D eigenvalue weighted by atomic mass is 32.9. The molecule has 1 rings (SSSR count). The maximum Gasteiger partial charge on any atom is 0.107 e. The Morgan fingerprint density at radius 3 is 2.94 bits per heavy atom. The summed E-state index contributed by atoms with van der Waals surface area (Å²) in [6, 6.07) is 0. The third kappa shape index (κ3) is 5.07. The molecule has 0 N–H and O–H groups in total. The fourth-order valence-electron chi connectivity index (χ4n) is 1.50. The Labute approximate surface area is 108 Å². The molecule has 0 aromatic carbocycles. The standard InChI is InChI=1S/C9H19O3PS3/c1-3-11-13(14)15-7-9-5-6-16(10,8-9)12-4-2/h8-9,13H,3-7H2,1-2H3. The molecule has 7 heteroatoms. The molecule has 0 aliphatic carbocycles. The lowest BCUT2D eigenvalue weighted by atomic mass is 10.2. The first-order valence-corrected chi connectivity index (χ1v) is 11.4. The van der Waals surface area contributed by atoms with Gasteiger partial charge >= 0.3 is 0 Å². The third-order valence-electron chi connectivity index (χ3n) is 2.17. The molecule has 1 aliphatic rings. The monoisotopic (exact) mass is 302 g/mol. The SMILES string of the molecule is CCO[PH](=S)SCC1C=S(=O)(OCC)CC1. The van der Waals surface area contributed by atoms with Crippen LogP contribution in [0.2, 0.25) is 0 Å². The van der Waals surface area contributed by atoms with Gasteiger partial charge in [0.2, 0.25) is 0 Å². The lowest BCUT2D eigenvalue weighted by Crippen LogP contribution is -2.07. The third-order valence-corrected chi connectivity index (χ3v) is 8.74. The smallest absolute Gasteiger partial charge is 0.107 e. The normalized spacial score (nSPS) is 31.2. The number of hydrogen-bond donors (Lipinski definition) is 0. The number of hydrogen-bond acceptors (Lipinski definition) is 5. The molecule has 3 atom stereocenters. The van der Waals surface area contributed by atoms with Gasteiger partial charge in [-0.15, -0.1) is 11.4 Å². The first kappa shape index (κ1) is 15.0. The predicted molar refractivity (Wildman–Crippen MR) is 78.6 cm³/mol. The van der Waals surface area contributed by atoms with E-state index in [2.05, 4.69) is 0 Å². The fourth-order valence-corrected chi connectivity index (χ4v) is 7.36. The van der Waals surface area contributed by atoms with Gasteiger partial charge in [-0.25, -0.2) is 4.21 Å². The van der Waals surface area contributed by atoms with Crippen molar-refractivity contribution < 1.29 is 12.9 Å². The Balaban J connectivity index is 2.38. The van der Waals surface area contributed by atoms with E-state index in [1.165, 1.54) is 0 Å². The van der Waals surface area contributed by atoms with Crippen molar-refractivity contribution in [2.24, 2.45) is 5.92 Å². The van der Waals surface area contributed by atoms with Crippen LogP contribution in [0.25, 0.3) is 0 Å². The Kier molecular flexibility index (Phi) is 6.93. The van der Waals surface area contributed by atoms with Crippen LogP contribution < -0.4 is 0 Å². The van der Waals surface area contributed by atoms with Gasteiger partial charge < -0.3 is 4.52 Å². The average Bonchev–Trinajstić information content (AvgIpc) is 2.58. The van der Waals surface area contributed by atoms with E-state index >= 15 is 0 Å². The molecule has 96 valence electrons. The molecule has 0 aromatic rings. The molecule has 0 fully saturated rings. The van der Waals surface area contributed by atoms with Crippen molar-refractivity contribution in [3.05, 3.63) is 0 Å². The Morgan fingerprint density at radius 2 is 2.31 bits per heavy atom. The van der Waals surface area contributed by atoms with Crippen molar-refractivity contribution in [3.8, 4) is 0 Å². The zero-order chi connectivity index (χ0) is 12.0. The van der Waals surface area contributed by atoms with Crippen molar-refractivity contribution in [1.29, 1.82) is 0 Å². The number of rotatable bonds is 7. The molecule has 0 saturated carbocycles. The van der Waals surface area contributed by atoms with Gasteiger partial charge in [0.15, 0.2) is 0 Å². The van der Waals surface area contributed by atoms with Gasteiger partial charge in [-0.1, -0.05) is 11.8 Å². The second-order valence-corrected chi connectivity index (χ2v) is 11.0. The minimum Gasteiger partial charge on any atom is -0.344 e. The van der Waals surface area contributed by atoms with E-state index < -0.39 is 15.9 Å². The van der Waals surface area contributed by atoms with Gasteiger partial charge in [0.1, 0.15) is 6.13 Å². The van der Waals surface area contributed by atoms with Crippen molar-refractivity contribution in [3.63, 3.8) is 0 Å². The molecule has 0 radical (unpaired) electrons. The van der Waals surface area contributed by atoms with Gasteiger partial charge in [-0.2, -0.15) is 0 Å². The zero-order valence-corrected chi connectivity index (χ0v) is 13.1. The van der Waals surface area contributed by atoms with Crippen LogP contribution in [0, 0.1) is 5.92 Å². The summed E-state index contributed by atoms with van der Waals surface area (Å²) in [6.07, 6.45) is -0.183. The van der Waals surface area contributed by atoms with Crippen LogP contribution in [-0.4, -0.2) is 34.3 Å². The largest absolute Gasteiger partial charge is 0.344 e. The van der Waals surface area contributed by atoms with Crippen LogP contribution in [0.4, 0.5) is 0 Å². The maximum absolute atomic E-state index is 12.0. The van der Waals surface area contributed by atoms with Gasteiger partial charge in [-0.05, 0) is 31.6 Å². The van der Waals surface area contributed by atoms with E-state index in [0.717, 1.165) is 12.2 Å². The van der Waals surface area contributed by atoms with Gasteiger partial charge in [0, 0.05) is 18.1 Å². The zero-order valence-electron chi connectivity index (χ0n) is 9.64. The van der Waals surface area contributed by atoms with Crippen LogP contribution in [0.1, 0.15) is 20.3 Å². The summed E-state index contributed by atoms with van der Waals surface area (Å²) in [5.41, 5.74) is 0. The average molecular weight is 302 g/mol. The minimum atomic E-state index is -2.12. The summed E-state index contributed by atoms with van der Waals surface area (Å²) >= 11 is 6.90. The Hall–Kier alpha value is 0.940. The van der Waals surface area contributed by atoms with Crippen molar-refractivity contribution in [1.82, 2.24) is 0 Å². The van der Waals surface area contributed by atoms with Crippen LogP contribution in [0.3, 0.4) is 0 Å². The quantitative estimate of drug-likeness (QED) is 0.533. The van der Waals surface area contributed by atoms with Gasteiger partial charge in [0.25, 0.3) is 0 Å². The van der Waals surface area contributed by atoms with E-state index in [1.807, 2.05) is 19.2 Å². The minimum absolute atomic E-state index is 0.368. The molecule has 1 aliphatic heterocycles. The van der Waals surface area contributed by atoms with E-state index in [4.69, 9.17) is 20.5 Å². The highest BCUT2D eigenvalue weighted by molar-refractivity contribution is 8.62. The van der Waals surface area contributed by atoms with Crippen LogP contribution in [0.15, 0.2) is 0 Å². The molecule has 16 heavy (non-hydrogen) atoms. The van der Waals surface area contributed by atoms with E-state index in [0.29, 0.717) is 24.9 Å². The molecule has 3 nitrogen and oxygen atoms in total. The summed E-state index contributed by atoms with van der Waals surface area (Å²) in [6.45, 7) is 5.04. The topological polar surface area (TPSA) is 35.5 Å². The lowest BCUT2D eigenvalue weighted by molar-refractivity contribution is 0.369. The Bertz CT molecular complexity index is 350.